The molecule has 0 saturated heterocycles. The molecule has 2 aromatic carbocycles. The number of ketones is 1. The summed E-state index contributed by atoms with van der Waals surface area (Å²) in [6.07, 6.45) is 2.51. The van der Waals surface area contributed by atoms with Crippen molar-refractivity contribution in [1.82, 2.24) is 5.32 Å². The van der Waals surface area contributed by atoms with Crippen LogP contribution in [0.5, 0.6) is 11.5 Å². The lowest BCUT2D eigenvalue weighted by Gasteiger charge is -2.17. The van der Waals surface area contributed by atoms with Crippen molar-refractivity contribution in [1.29, 1.82) is 0 Å². The number of phenols is 2. The van der Waals surface area contributed by atoms with E-state index in [1.807, 2.05) is 36.4 Å². The second-order valence-corrected chi connectivity index (χ2v) is 5.00. The van der Waals surface area contributed by atoms with Crippen LogP contribution in [-0.2, 0) is 0 Å². The summed E-state index contributed by atoms with van der Waals surface area (Å²) in [5.41, 5.74) is 1.44. The van der Waals surface area contributed by atoms with E-state index in [4.69, 9.17) is 0 Å². The predicted octanol–water partition coefficient (Wildman–Crippen LogP) is 3.19. The number of hydrogen-bond acceptors (Lipinski definition) is 4. The number of carbonyl (C=O) groups excluding carboxylic acids is 1. The molecular formula is C18H19NO3. The van der Waals surface area contributed by atoms with Crippen LogP contribution in [0.4, 0.5) is 0 Å². The highest BCUT2D eigenvalue weighted by Crippen LogP contribution is 2.25. The van der Waals surface area contributed by atoms with Gasteiger partial charge in [0.25, 0.3) is 0 Å². The van der Waals surface area contributed by atoms with Crippen molar-refractivity contribution < 1.29 is 15.0 Å². The van der Waals surface area contributed by atoms with Crippen LogP contribution in [0, 0.1) is 0 Å². The van der Waals surface area contributed by atoms with E-state index in [0.29, 0.717) is 12.0 Å². The Kier molecular flexibility index (Phi) is 5.33. The lowest BCUT2D eigenvalue weighted by molar-refractivity contribution is 0.0987. The molecule has 2 rings (SSSR count). The highest BCUT2D eigenvalue weighted by Gasteiger charge is 2.13. The first kappa shape index (κ1) is 15.8. The third-order valence-electron chi connectivity index (χ3n) is 3.41. The molecule has 0 amide bonds. The summed E-state index contributed by atoms with van der Waals surface area (Å²) in [6, 6.07) is 13.9. The van der Waals surface area contributed by atoms with Crippen LogP contribution in [0.15, 0.2) is 61.2 Å². The molecule has 0 aliphatic rings. The van der Waals surface area contributed by atoms with Gasteiger partial charge >= 0.3 is 0 Å². The van der Waals surface area contributed by atoms with E-state index >= 15 is 0 Å². The molecule has 0 bridgehead atoms. The molecule has 0 saturated carbocycles. The number of nitrogens with one attached hydrogen (secondary N) is 1. The Morgan fingerprint density at radius 2 is 1.86 bits per heavy atom. The normalized spacial score (nSPS) is 11.8. The highest BCUT2D eigenvalue weighted by molar-refractivity contribution is 5.98. The summed E-state index contributed by atoms with van der Waals surface area (Å²) in [4.78, 5) is 12.2. The van der Waals surface area contributed by atoms with E-state index in [1.165, 1.54) is 18.2 Å². The third-order valence-corrected chi connectivity index (χ3v) is 3.41. The number of Topliss-reactive ketones (excluding diaryl/α,β-unsaturated/α-hetero) is 1. The molecule has 2 aromatic rings. The van der Waals surface area contributed by atoms with Gasteiger partial charge in [0.05, 0.1) is 6.54 Å². The molecule has 4 nitrogen and oxygen atoms in total. The third kappa shape index (κ3) is 3.96. The van der Waals surface area contributed by atoms with E-state index < -0.39 is 0 Å². The van der Waals surface area contributed by atoms with Gasteiger partial charge in [-0.05, 0) is 30.2 Å². The fourth-order valence-electron chi connectivity index (χ4n) is 2.20. The topological polar surface area (TPSA) is 69.6 Å². The first-order valence-electron chi connectivity index (χ1n) is 7.06. The van der Waals surface area contributed by atoms with Gasteiger partial charge in [-0.15, -0.1) is 6.58 Å². The summed E-state index contributed by atoms with van der Waals surface area (Å²) in [7, 11) is 0. The Hall–Kier alpha value is -2.59. The van der Waals surface area contributed by atoms with Crippen LogP contribution in [-0.4, -0.2) is 22.5 Å². The average Bonchev–Trinajstić information content (AvgIpc) is 2.54. The molecule has 114 valence electrons. The second-order valence-electron chi connectivity index (χ2n) is 5.00. The molecule has 0 heterocycles. The van der Waals surface area contributed by atoms with Crippen molar-refractivity contribution in [2.45, 2.75) is 12.5 Å². The molecule has 0 aromatic heterocycles. The Morgan fingerprint density at radius 1 is 1.14 bits per heavy atom. The quantitative estimate of drug-likeness (QED) is 0.417. The lowest BCUT2D eigenvalue weighted by atomic mass is 10.0. The highest BCUT2D eigenvalue weighted by atomic mass is 16.3. The number of carbonyl (C=O) groups is 1. The maximum absolute atomic E-state index is 12.2. The fraction of sp³-hybridized carbons (Fsp3) is 0.167. The first-order valence-corrected chi connectivity index (χ1v) is 7.06. The van der Waals surface area contributed by atoms with Crippen LogP contribution in [0.1, 0.15) is 28.4 Å². The average molecular weight is 297 g/mol. The van der Waals surface area contributed by atoms with Crippen molar-refractivity contribution in [3.63, 3.8) is 0 Å². The molecule has 0 fully saturated rings. The fourth-order valence-corrected chi connectivity index (χ4v) is 2.20. The molecule has 0 aliphatic carbocycles. The van der Waals surface area contributed by atoms with E-state index in [2.05, 4.69) is 11.9 Å². The second kappa shape index (κ2) is 7.43. The molecule has 22 heavy (non-hydrogen) atoms. The van der Waals surface area contributed by atoms with Crippen molar-refractivity contribution in [2.24, 2.45) is 0 Å². The summed E-state index contributed by atoms with van der Waals surface area (Å²) in [5, 5.41) is 21.9. The Labute approximate surface area is 129 Å². The minimum absolute atomic E-state index is 0.00774. The lowest BCUT2D eigenvalue weighted by Crippen LogP contribution is -2.27. The summed E-state index contributed by atoms with van der Waals surface area (Å²) >= 11 is 0. The first-order chi connectivity index (χ1) is 10.6. The molecule has 1 unspecified atom stereocenters. The van der Waals surface area contributed by atoms with E-state index in [1.54, 1.807) is 0 Å². The van der Waals surface area contributed by atoms with E-state index in [-0.39, 0.29) is 29.9 Å². The molecule has 0 aliphatic heterocycles. The van der Waals surface area contributed by atoms with Crippen molar-refractivity contribution in [3.8, 4) is 11.5 Å². The van der Waals surface area contributed by atoms with Crippen LogP contribution in [0.3, 0.4) is 0 Å². The van der Waals surface area contributed by atoms with Crippen LogP contribution >= 0.6 is 0 Å². The van der Waals surface area contributed by atoms with Gasteiger partial charge in [0.15, 0.2) is 17.3 Å². The number of benzene rings is 2. The summed E-state index contributed by atoms with van der Waals surface area (Å²) < 4.78 is 0. The Balaban J connectivity index is 2.04. The van der Waals surface area contributed by atoms with Crippen molar-refractivity contribution >= 4 is 5.78 Å². The van der Waals surface area contributed by atoms with E-state index in [9.17, 15) is 15.0 Å². The zero-order valence-corrected chi connectivity index (χ0v) is 12.2. The van der Waals surface area contributed by atoms with Gasteiger partial charge in [0.2, 0.25) is 0 Å². The minimum Gasteiger partial charge on any atom is -0.504 e. The van der Waals surface area contributed by atoms with Crippen LogP contribution in [0.25, 0.3) is 0 Å². The van der Waals surface area contributed by atoms with Gasteiger partial charge in [-0.1, -0.05) is 36.4 Å². The number of rotatable bonds is 7. The number of hydrogen-bond donors (Lipinski definition) is 3. The van der Waals surface area contributed by atoms with Gasteiger partial charge in [0, 0.05) is 11.6 Å². The van der Waals surface area contributed by atoms with Crippen LogP contribution < -0.4 is 5.32 Å². The number of phenolic OH excluding ortho intramolecular Hbond substituents is 2. The molecule has 0 spiro atoms. The zero-order chi connectivity index (χ0) is 15.9. The van der Waals surface area contributed by atoms with Gasteiger partial charge in [-0.2, -0.15) is 0 Å². The zero-order valence-electron chi connectivity index (χ0n) is 12.2. The Bertz CT molecular complexity index is 653. The largest absolute Gasteiger partial charge is 0.504 e. The minimum atomic E-state index is -0.295. The van der Waals surface area contributed by atoms with Crippen LogP contribution in [0.2, 0.25) is 0 Å². The van der Waals surface area contributed by atoms with Crippen molar-refractivity contribution in [2.75, 3.05) is 6.54 Å². The molecular weight excluding hydrogens is 278 g/mol. The molecule has 4 heteroatoms. The maximum Gasteiger partial charge on any atom is 0.176 e. The van der Waals surface area contributed by atoms with Gasteiger partial charge in [-0.3, -0.25) is 4.79 Å². The van der Waals surface area contributed by atoms with Gasteiger partial charge in [-0.25, -0.2) is 0 Å². The monoisotopic (exact) mass is 297 g/mol. The number of aromatic hydroxyl groups is 2. The van der Waals surface area contributed by atoms with Gasteiger partial charge < -0.3 is 15.5 Å². The molecule has 3 N–H and O–H groups in total. The Morgan fingerprint density at radius 3 is 2.50 bits per heavy atom. The summed E-state index contributed by atoms with van der Waals surface area (Å²) in [5.74, 6) is -0.685. The maximum atomic E-state index is 12.2. The predicted molar refractivity (Wildman–Crippen MR) is 86.1 cm³/mol. The molecule has 1 atom stereocenters. The van der Waals surface area contributed by atoms with Gasteiger partial charge in [0.1, 0.15) is 0 Å². The standard InChI is InChI=1S/C18H19NO3/c1-2-6-15(13-7-4-3-5-8-13)19-12-18(22)14-9-10-16(20)17(21)11-14/h2-5,7-11,15,19-21H,1,6,12H2. The van der Waals surface area contributed by atoms with E-state index in [0.717, 1.165) is 5.56 Å². The smallest absolute Gasteiger partial charge is 0.176 e. The molecule has 0 radical (unpaired) electrons. The SMILES string of the molecule is C=CCC(NCC(=O)c1ccc(O)c(O)c1)c1ccccc1. The van der Waals surface area contributed by atoms with Crippen molar-refractivity contribution in [3.05, 3.63) is 72.3 Å². The summed E-state index contributed by atoms with van der Waals surface area (Å²) in [6.45, 7) is 3.88.